The van der Waals surface area contributed by atoms with Crippen LogP contribution in [0.1, 0.15) is 40.5 Å². The molecule has 0 heteroatoms. The fourth-order valence-corrected chi connectivity index (χ4v) is 1.80. The van der Waals surface area contributed by atoms with Gasteiger partial charge in [-0.3, -0.25) is 0 Å². The van der Waals surface area contributed by atoms with Crippen LogP contribution >= 0.6 is 0 Å². The van der Waals surface area contributed by atoms with Crippen LogP contribution in [0.5, 0.6) is 0 Å². The highest BCUT2D eigenvalue weighted by molar-refractivity contribution is 5.20. The molecule has 0 aliphatic heterocycles. The van der Waals surface area contributed by atoms with Crippen LogP contribution in [0.2, 0.25) is 0 Å². The molecule has 0 spiro atoms. The molecule has 0 aromatic carbocycles. The van der Waals surface area contributed by atoms with Crippen molar-refractivity contribution in [3.8, 4) is 0 Å². The third-order valence-electron chi connectivity index (χ3n) is 3.12. The van der Waals surface area contributed by atoms with Gasteiger partial charge in [0.1, 0.15) is 0 Å². The summed E-state index contributed by atoms with van der Waals surface area (Å²) >= 11 is 0. The Kier molecular flexibility index (Phi) is 2.13. The Morgan fingerprint density at radius 2 is 2.09 bits per heavy atom. The first-order valence-corrected chi connectivity index (χ1v) is 4.65. The summed E-state index contributed by atoms with van der Waals surface area (Å²) < 4.78 is 0. The van der Waals surface area contributed by atoms with Gasteiger partial charge in [0.05, 0.1) is 0 Å². The molecule has 0 bridgehead atoms. The lowest BCUT2D eigenvalue weighted by molar-refractivity contribution is 0.532. The molecule has 0 saturated heterocycles. The average molecular weight is 152 g/mol. The molecular weight excluding hydrogens is 132 g/mol. The van der Waals surface area contributed by atoms with Crippen LogP contribution in [0.25, 0.3) is 0 Å². The van der Waals surface area contributed by atoms with Gasteiger partial charge in [-0.25, -0.2) is 0 Å². The van der Waals surface area contributed by atoms with Crippen molar-refractivity contribution in [3.05, 3.63) is 12.2 Å². The van der Waals surface area contributed by atoms with Crippen LogP contribution in [0.4, 0.5) is 0 Å². The highest BCUT2D eigenvalue weighted by Crippen LogP contribution is 2.57. The molecule has 0 aromatic heterocycles. The van der Waals surface area contributed by atoms with E-state index in [9.17, 15) is 0 Å². The summed E-state index contributed by atoms with van der Waals surface area (Å²) in [7, 11) is 0. The van der Waals surface area contributed by atoms with E-state index in [0.717, 1.165) is 11.8 Å². The smallest absolute Gasteiger partial charge is 0.00902 e. The van der Waals surface area contributed by atoms with E-state index in [1.807, 2.05) is 0 Å². The van der Waals surface area contributed by atoms with Crippen LogP contribution < -0.4 is 0 Å². The third kappa shape index (κ3) is 1.66. The van der Waals surface area contributed by atoms with E-state index in [1.165, 1.54) is 18.4 Å². The molecular formula is C11H20. The van der Waals surface area contributed by atoms with E-state index in [4.69, 9.17) is 0 Å². The minimum Gasteiger partial charge on any atom is -0.0993 e. The van der Waals surface area contributed by atoms with E-state index in [0.29, 0.717) is 5.41 Å². The molecule has 2 unspecified atom stereocenters. The number of hydrogen-bond acceptors (Lipinski definition) is 0. The first-order chi connectivity index (χ1) is 4.97. The molecule has 11 heavy (non-hydrogen) atoms. The summed E-state index contributed by atoms with van der Waals surface area (Å²) in [5, 5.41) is 0. The Balaban J connectivity index is 2.43. The largest absolute Gasteiger partial charge is 0.0993 e. The van der Waals surface area contributed by atoms with E-state index in [-0.39, 0.29) is 0 Å². The molecule has 1 fully saturated rings. The summed E-state index contributed by atoms with van der Waals surface area (Å²) in [5.41, 5.74) is 1.98. The minimum absolute atomic E-state index is 0.504. The predicted octanol–water partition coefficient (Wildman–Crippen LogP) is 3.63. The maximum atomic E-state index is 4.18. The Bertz CT molecular complexity index is 167. The Morgan fingerprint density at radius 1 is 1.64 bits per heavy atom. The lowest BCUT2D eigenvalue weighted by Gasteiger charge is -2.15. The molecule has 0 heterocycles. The molecule has 0 aromatic rings. The van der Waals surface area contributed by atoms with Crippen molar-refractivity contribution in [1.82, 2.24) is 0 Å². The van der Waals surface area contributed by atoms with E-state index in [1.54, 1.807) is 0 Å². The normalized spacial score (nSPS) is 35.9. The second-order valence-corrected chi connectivity index (χ2v) is 4.72. The van der Waals surface area contributed by atoms with Crippen molar-refractivity contribution in [2.75, 3.05) is 0 Å². The molecule has 0 radical (unpaired) electrons. The molecule has 1 aliphatic rings. The summed E-state index contributed by atoms with van der Waals surface area (Å²) in [4.78, 5) is 0. The van der Waals surface area contributed by atoms with Gasteiger partial charge in [-0.2, -0.15) is 0 Å². The van der Waals surface area contributed by atoms with Crippen molar-refractivity contribution in [2.45, 2.75) is 40.5 Å². The molecule has 0 nitrogen and oxygen atoms in total. The lowest BCUT2D eigenvalue weighted by Crippen LogP contribution is -2.03. The van der Waals surface area contributed by atoms with Crippen molar-refractivity contribution in [3.63, 3.8) is 0 Å². The second kappa shape index (κ2) is 2.66. The summed E-state index contributed by atoms with van der Waals surface area (Å²) in [6.07, 6.45) is 2.57. The van der Waals surface area contributed by atoms with Gasteiger partial charge in [0.25, 0.3) is 0 Å². The van der Waals surface area contributed by atoms with E-state index >= 15 is 0 Å². The zero-order valence-electron chi connectivity index (χ0n) is 8.28. The number of rotatable bonds is 3. The summed E-state index contributed by atoms with van der Waals surface area (Å²) in [6, 6.07) is 0. The number of hydrogen-bond donors (Lipinski definition) is 0. The molecule has 1 aliphatic carbocycles. The fourth-order valence-electron chi connectivity index (χ4n) is 1.80. The average Bonchev–Trinajstić information content (AvgIpc) is 2.40. The highest BCUT2D eigenvalue weighted by atomic mass is 14.5. The van der Waals surface area contributed by atoms with Crippen molar-refractivity contribution < 1.29 is 0 Å². The Morgan fingerprint density at radius 3 is 2.36 bits per heavy atom. The van der Waals surface area contributed by atoms with Gasteiger partial charge in [-0.05, 0) is 30.1 Å². The maximum Gasteiger partial charge on any atom is -0.00902 e. The first kappa shape index (κ1) is 8.83. The van der Waals surface area contributed by atoms with Crippen molar-refractivity contribution in [2.24, 2.45) is 17.3 Å². The quantitative estimate of drug-likeness (QED) is 0.542. The molecule has 64 valence electrons. The molecule has 0 amide bonds. The standard InChI is InChI=1S/C11H20/c1-8(2)6-9(3)11(5)7-10(11)4/h8,10H,3,6-7H2,1-2,4-5H3. The monoisotopic (exact) mass is 152 g/mol. The maximum absolute atomic E-state index is 4.18. The Hall–Kier alpha value is -0.260. The molecule has 1 rings (SSSR count). The van der Waals surface area contributed by atoms with Crippen LogP contribution in [-0.2, 0) is 0 Å². The summed E-state index contributed by atoms with van der Waals surface area (Å²) in [6.45, 7) is 13.4. The lowest BCUT2D eigenvalue weighted by atomic mass is 9.90. The second-order valence-electron chi connectivity index (χ2n) is 4.72. The fraction of sp³-hybridized carbons (Fsp3) is 0.818. The van der Waals surface area contributed by atoms with Gasteiger partial charge in [-0.15, -0.1) is 0 Å². The predicted molar refractivity (Wildman–Crippen MR) is 50.5 cm³/mol. The van der Waals surface area contributed by atoms with E-state index in [2.05, 4.69) is 34.3 Å². The van der Waals surface area contributed by atoms with E-state index < -0.39 is 0 Å². The van der Waals surface area contributed by atoms with Gasteiger partial charge in [0.15, 0.2) is 0 Å². The van der Waals surface area contributed by atoms with Crippen LogP contribution in [-0.4, -0.2) is 0 Å². The highest BCUT2D eigenvalue weighted by Gasteiger charge is 2.48. The van der Waals surface area contributed by atoms with Crippen LogP contribution in [0, 0.1) is 17.3 Å². The Labute approximate surface area is 70.7 Å². The van der Waals surface area contributed by atoms with Gasteiger partial charge in [-0.1, -0.05) is 39.8 Å². The summed E-state index contributed by atoms with van der Waals surface area (Å²) in [5.74, 6) is 1.65. The zero-order valence-corrected chi connectivity index (χ0v) is 8.28. The number of allylic oxidation sites excluding steroid dienone is 1. The van der Waals surface area contributed by atoms with Crippen LogP contribution in [0.15, 0.2) is 12.2 Å². The minimum atomic E-state index is 0.504. The zero-order chi connectivity index (χ0) is 8.65. The molecule has 0 N–H and O–H groups in total. The van der Waals surface area contributed by atoms with Gasteiger partial charge in [0, 0.05) is 0 Å². The van der Waals surface area contributed by atoms with Crippen molar-refractivity contribution >= 4 is 0 Å². The molecule has 2 atom stereocenters. The topological polar surface area (TPSA) is 0 Å². The van der Waals surface area contributed by atoms with Crippen LogP contribution in [0.3, 0.4) is 0 Å². The van der Waals surface area contributed by atoms with Gasteiger partial charge in [0.2, 0.25) is 0 Å². The third-order valence-corrected chi connectivity index (χ3v) is 3.12. The van der Waals surface area contributed by atoms with Gasteiger partial charge < -0.3 is 0 Å². The molecule has 1 saturated carbocycles. The first-order valence-electron chi connectivity index (χ1n) is 4.65. The SMILES string of the molecule is C=C(CC(C)C)C1(C)CC1C. The van der Waals surface area contributed by atoms with Crippen molar-refractivity contribution in [1.29, 1.82) is 0 Å². The van der Waals surface area contributed by atoms with Gasteiger partial charge >= 0.3 is 0 Å².